The maximum Gasteiger partial charge on any atom is 0.255 e. The number of nitrogens with one attached hydrogen (secondary N) is 1. The molecular formula is C24H24ClN3O3. The number of hydrogen-bond donors (Lipinski definition) is 2. The molecule has 0 unspecified atom stereocenters. The zero-order valence-electron chi connectivity index (χ0n) is 17.7. The van der Waals surface area contributed by atoms with E-state index in [2.05, 4.69) is 15.5 Å². The van der Waals surface area contributed by atoms with E-state index in [9.17, 15) is 9.90 Å². The number of benzene rings is 2. The molecule has 0 radical (unpaired) electrons. The molecule has 7 heteroatoms. The van der Waals surface area contributed by atoms with Crippen molar-refractivity contribution in [2.24, 2.45) is 0 Å². The number of ether oxygens (including phenoxy) is 1. The fourth-order valence-electron chi connectivity index (χ4n) is 3.51. The standard InChI is InChI=1S/C24H24ClN3O3/c1-14-17(13-18-22(21(14)25)31-11-10-26-23(18)29)12-15-4-6-16(7-5-15)19-8-9-20(28-27-19)24(2,3)30/h4-9,13,30H,10-12H2,1-3H3,(H,26,29). The minimum atomic E-state index is -1.02. The summed E-state index contributed by atoms with van der Waals surface area (Å²) in [5.41, 5.74) is 4.61. The summed E-state index contributed by atoms with van der Waals surface area (Å²) in [5, 5.41) is 21.7. The van der Waals surface area contributed by atoms with Crippen LogP contribution in [0.15, 0.2) is 42.5 Å². The number of aliphatic hydroxyl groups is 1. The Balaban J connectivity index is 1.58. The Labute approximate surface area is 186 Å². The molecule has 160 valence electrons. The van der Waals surface area contributed by atoms with Crippen LogP contribution >= 0.6 is 11.6 Å². The summed E-state index contributed by atoms with van der Waals surface area (Å²) >= 11 is 6.53. The van der Waals surface area contributed by atoms with E-state index in [-0.39, 0.29) is 5.91 Å². The van der Waals surface area contributed by atoms with Crippen molar-refractivity contribution in [3.05, 3.63) is 75.4 Å². The molecule has 0 atom stereocenters. The van der Waals surface area contributed by atoms with Crippen molar-refractivity contribution in [1.82, 2.24) is 15.5 Å². The SMILES string of the molecule is Cc1c(Cc2ccc(-c3ccc(C(C)(C)O)nn3)cc2)cc2c(c1Cl)OCCNC2=O. The normalized spacial score (nSPS) is 13.8. The van der Waals surface area contributed by atoms with Crippen LogP contribution in [0.4, 0.5) is 0 Å². The average Bonchev–Trinajstić information content (AvgIpc) is 2.93. The number of rotatable bonds is 4. The molecule has 2 N–H and O–H groups in total. The quantitative estimate of drug-likeness (QED) is 0.643. The third-order valence-electron chi connectivity index (χ3n) is 5.39. The van der Waals surface area contributed by atoms with E-state index in [0.29, 0.717) is 41.6 Å². The molecule has 1 aliphatic rings. The lowest BCUT2D eigenvalue weighted by molar-refractivity contribution is 0.0728. The molecule has 0 fully saturated rings. The van der Waals surface area contributed by atoms with E-state index in [1.165, 1.54) is 0 Å². The van der Waals surface area contributed by atoms with Gasteiger partial charge in [0.15, 0.2) is 5.75 Å². The van der Waals surface area contributed by atoms with Gasteiger partial charge in [-0.25, -0.2) is 0 Å². The lowest BCUT2D eigenvalue weighted by Crippen LogP contribution is -2.24. The maximum atomic E-state index is 12.4. The minimum absolute atomic E-state index is 0.168. The number of amides is 1. The second kappa shape index (κ2) is 8.29. The molecule has 0 spiro atoms. The van der Waals surface area contributed by atoms with Crippen molar-refractivity contribution in [3.8, 4) is 17.0 Å². The van der Waals surface area contributed by atoms with Crippen molar-refractivity contribution in [2.45, 2.75) is 32.8 Å². The number of aromatic nitrogens is 2. The lowest BCUT2D eigenvalue weighted by Gasteiger charge is -2.16. The first-order valence-corrected chi connectivity index (χ1v) is 10.5. The van der Waals surface area contributed by atoms with Crippen LogP contribution in [0.1, 0.15) is 46.6 Å². The van der Waals surface area contributed by atoms with Gasteiger partial charge in [-0.3, -0.25) is 4.79 Å². The number of halogens is 1. The summed E-state index contributed by atoms with van der Waals surface area (Å²) in [7, 11) is 0. The van der Waals surface area contributed by atoms with Gasteiger partial charge in [-0.05, 0) is 62.1 Å². The largest absolute Gasteiger partial charge is 0.489 e. The zero-order valence-corrected chi connectivity index (χ0v) is 18.5. The molecular weight excluding hydrogens is 414 g/mol. The van der Waals surface area contributed by atoms with E-state index in [0.717, 1.165) is 27.9 Å². The van der Waals surface area contributed by atoms with E-state index >= 15 is 0 Å². The van der Waals surface area contributed by atoms with Crippen molar-refractivity contribution in [3.63, 3.8) is 0 Å². The zero-order chi connectivity index (χ0) is 22.2. The summed E-state index contributed by atoms with van der Waals surface area (Å²) in [6, 6.07) is 13.5. The molecule has 6 nitrogen and oxygen atoms in total. The predicted molar refractivity (Wildman–Crippen MR) is 120 cm³/mol. The number of carbonyl (C=O) groups excluding carboxylic acids is 1. The van der Waals surface area contributed by atoms with Crippen LogP contribution in [0, 0.1) is 6.92 Å². The van der Waals surface area contributed by atoms with Gasteiger partial charge in [0, 0.05) is 5.56 Å². The third kappa shape index (κ3) is 4.40. The van der Waals surface area contributed by atoms with Crippen LogP contribution in [0.3, 0.4) is 0 Å². The molecule has 0 bridgehead atoms. The molecule has 1 amide bonds. The lowest BCUT2D eigenvalue weighted by atomic mass is 9.96. The van der Waals surface area contributed by atoms with Crippen LogP contribution < -0.4 is 10.1 Å². The summed E-state index contributed by atoms with van der Waals surface area (Å²) in [6.07, 6.45) is 0.635. The highest BCUT2D eigenvalue weighted by atomic mass is 35.5. The number of nitrogens with zero attached hydrogens (tertiary/aromatic N) is 2. The van der Waals surface area contributed by atoms with Crippen molar-refractivity contribution >= 4 is 17.5 Å². The third-order valence-corrected chi connectivity index (χ3v) is 5.84. The van der Waals surface area contributed by atoms with Crippen LogP contribution in [-0.2, 0) is 12.0 Å². The average molecular weight is 438 g/mol. The Hall–Kier alpha value is -2.96. The maximum absolute atomic E-state index is 12.4. The second-order valence-electron chi connectivity index (χ2n) is 8.19. The van der Waals surface area contributed by atoms with Gasteiger partial charge in [0.05, 0.1) is 28.5 Å². The monoisotopic (exact) mass is 437 g/mol. The second-order valence-corrected chi connectivity index (χ2v) is 8.57. The van der Waals surface area contributed by atoms with Gasteiger partial charge >= 0.3 is 0 Å². The van der Waals surface area contributed by atoms with Crippen LogP contribution in [-0.4, -0.2) is 34.4 Å². The highest BCUT2D eigenvalue weighted by molar-refractivity contribution is 6.33. The molecule has 0 saturated carbocycles. The topological polar surface area (TPSA) is 84.3 Å². The summed E-state index contributed by atoms with van der Waals surface area (Å²) in [5.74, 6) is 0.292. The molecule has 4 rings (SSSR count). The van der Waals surface area contributed by atoms with Crippen molar-refractivity contribution < 1.29 is 14.6 Å². The fraction of sp³-hybridized carbons (Fsp3) is 0.292. The molecule has 2 aromatic carbocycles. The van der Waals surface area contributed by atoms with Gasteiger partial charge in [-0.15, -0.1) is 0 Å². The van der Waals surface area contributed by atoms with Crippen molar-refractivity contribution in [2.75, 3.05) is 13.2 Å². The van der Waals surface area contributed by atoms with E-state index in [4.69, 9.17) is 16.3 Å². The van der Waals surface area contributed by atoms with Gasteiger partial charge in [0.1, 0.15) is 12.2 Å². The first kappa shape index (κ1) is 21.3. The molecule has 1 aromatic heterocycles. The number of fused-ring (bicyclic) bond motifs is 1. The van der Waals surface area contributed by atoms with Crippen LogP contribution in [0.25, 0.3) is 11.3 Å². The van der Waals surface area contributed by atoms with Gasteiger partial charge in [-0.1, -0.05) is 35.9 Å². The van der Waals surface area contributed by atoms with Gasteiger partial charge in [0.2, 0.25) is 0 Å². The van der Waals surface area contributed by atoms with E-state index < -0.39 is 5.60 Å². The Morgan fingerprint density at radius 1 is 1.16 bits per heavy atom. The van der Waals surface area contributed by atoms with Gasteiger partial charge in [0.25, 0.3) is 5.91 Å². The Kier molecular flexibility index (Phi) is 5.69. The molecule has 1 aliphatic heterocycles. The molecule has 31 heavy (non-hydrogen) atoms. The molecule has 2 heterocycles. The number of carbonyl (C=O) groups is 1. The first-order valence-electron chi connectivity index (χ1n) is 10.1. The summed E-state index contributed by atoms with van der Waals surface area (Å²) in [6.45, 7) is 6.16. The van der Waals surface area contributed by atoms with Gasteiger partial charge < -0.3 is 15.2 Å². The predicted octanol–water partition coefficient (Wildman–Crippen LogP) is 4.05. The van der Waals surface area contributed by atoms with Crippen LogP contribution in [0.5, 0.6) is 5.75 Å². The van der Waals surface area contributed by atoms with E-state index in [1.54, 1.807) is 19.9 Å². The Morgan fingerprint density at radius 2 is 1.90 bits per heavy atom. The minimum Gasteiger partial charge on any atom is -0.489 e. The number of hydrogen-bond acceptors (Lipinski definition) is 5. The van der Waals surface area contributed by atoms with Gasteiger partial charge in [-0.2, -0.15) is 10.2 Å². The van der Waals surface area contributed by atoms with Crippen molar-refractivity contribution in [1.29, 1.82) is 0 Å². The summed E-state index contributed by atoms with van der Waals surface area (Å²) < 4.78 is 5.69. The fourth-order valence-corrected chi connectivity index (χ4v) is 3.79. The molecule has 3 aromatic rings. The Bertz CT molecular complexity index is 1120. The highest BCUT2D eigenvalue weighted by Crippen LogP contribution is 2.36. The highest BCUT2D eigenvalue weighted by Gasteiger charge is 2.23. The first-order chi connectivity index (χ1) is 14.7. The summed E-state index contributed by atoms with van der Waals surface area (Å²) in [4.78, 5) is 12.4. The Morgan fingerprint density at radius 3 is 2.55 bits per heavy atom. The smallest absolute Gasteiger partial charge is 0.255 e. The molecule has 0 aliphatic carbocycles. The van der Waals surface area contributed by atoms with E-state index in [1.807, 2.05) is 43.3 Å². The molecule has 0 saturated heterocycles. The van der Waals surface area contributed by atoms with Crippen LogP contribution in [0.2, 0.25) is 5.02 Å².